The number of rotatable bonds is 8. The zero-order chi connectivity index (χ0) is 13.3. The van der Waals surface area contributed by atoms with E-state index in [4.69, 9.17) is 9.47 Å². The second kappa shape index (κ2) is 9.30. The maximum atomic E-state index is 11.6. The van der Waals surface area contributed by atoms with Crippen LogP contribution < -0.4 is 0 Å². The molecule has 1 unspecified atom stereocenters. The van der Waals surface area contributed by atoms with Gasteiger partial charge in [0.1, 0.15) is 0 Å². The molecule has 0 radical (unpaired) electrons. The number of carbonyl (C=O) groups is 2. The van der Waals surface area contributed by atoms with Crippen LogP contribution in [0, 0.1) is 5.92 Å². The minimum Gasteiger partial charge on any atom is -0.465 e. The molecule has 0 aliphatic rings. The summed E-state index contributed by atoms with van der Waals surface area (Å²) in [4.78, 5) is 23.1. The molecule has 0 rings (SSSR count). The van der Waals surface area contributed by atoms with E-state index in [1.54, 1.807) is 13.8 Å². The number of aliphatic hydroxyl groups excluding tert-OH is 1. The molecule has 5 nitrogen and oxygen atoms in total. The summed E-state index contributed by atoms with van der Waals surface area (Å²) >= 11 is 1.53. The van der Waals surface area contributed by atoms with Crippen LogP contribution in [0.25, 0.3) is 0 Å². The molecule has 1 atom stereocenters. The highest BCUT2D eigenvalue weighted by atomic mass is 32.2. The molecular weight excluding hydrogens is 244 g/mol. The summed E-state index contributed by atoms with van der Waals surface area (Å²) in [6.07, 6.45) is 1.18. The molecule has 0 spiro atoms. The fourth-order valence-corrected chi connectivity index (χ4v) is 1.76. The number of carbonyl (C=O) groups excluding carboxylic acids is 2. The normalized spacial score (nSPS) is 12.3. The van der Waals surface area contributed by atoms with Crippen LogP contribution in [0.5, 0.6) is 0 Å². The first-order chi connectivity index (χ1) is 8.08. The van der Waals surface area contributed by atoms with E-state index in [1.807, 2.05) is 6.26 Å². The van der Waals surface area contributed by atoms with E-state index in [0.717, 1.165) is 0 Å². The van der Waals surface area contributed by atoms with Crippen LogP contribution in [-0.2, 0) is 19.1 Å². The van der Waals surface area contributed by atoms with Gasteiger partial charge in [0.25, 0.3) is 0 Å². The van der Waals surface area contributed by atoms with Crippen molar-refractivity contribution in [2.45, 2.75) is 26.4 Å². The van der Waals surface area contributed by atoms with Crippen molar-refractivity contribution in [2.24, 2.45) is 5.92 Å². The first kappa shape index (κ1) is 16.2. The Hall–Kier alpha value is -0.750. The minimum absolute atomic E-state index is 0.171. The lowest BCUT2D eigenvalue weighted by atomic mass is 10.0. The Morgan fingerprint density at radius 1 is 1.18 bits per heavy atom. The molecular formula is C11H20O5S. The predicted octanol–water partition coefficient (Wildman–Crippen LogP) is 0.843. The molecule has 0 aromatic heterocycles. The molecule has 0 heterocycles. The Balaban J connectivity index is 4.58. The highest BCUT2D eigenvalue weighted by molar-refractivity contribution is 7.98. The van der Waals surface area contributed by atoms with Gasteiger partial charge in [-0.1, -0.05) is 0 Å². The average molecular weight is 264 g/mol. The van der Waals surface area contributed by atoms with E-state index >= 15 is 0 Å². The van der Waals surface area contributed by atoms with Gasteiger partial charge in [-0.15, -0.1) is 0 Å². The fourth-order valence-electron chi connectivity index (χ4n) is 1.28. The largest absolute Gasteiger partial charge is 0.465 e. The van der Waals surface area contributed by atoms with Gasteiger partial charge in [0.2, 0.25) is 0 Å². The zero-order valence-electron chi connectivity index (χ0n) is 10.5. The quantitative estimate of drug-likeness (QED) is 0.517. The van der Waals surface area contributed by atoms with Crippen LogP contribution in [0.1, 0.15) is 20.3 Å². The zero-order valence-corrected chi connectivity index (χ0v) is 11.3. The Bertz CT molecular complexity index is 226. The second-order valence-corrected chi connectivity index (χ2v) is 4.32. The number of thioether (sulfide) groups is 1. The van der Waals surface area contributed by atoms with Crippen LogP contribution >= 0.6 is 11.8 Å². The minimum atomic E-state index is -1.23. The van der Waals surface area contributed by atoms with Crippen LogP contribution in [0.4, 0.5) is 0 Å². The number of hydrogen-bond donors (Lipinski definition) is 1. The van der Waals surface area contributed by atoms with Crippen molar-refractivity contribution in [2.75, 3.05) is 25.2 Å². The Kier molecular flexibility index (Phi) is 8.89. The van der Waals surface area contributed by atoms with Gasteiger partial charge in [0.05, 0.1) is 19.3 Å². The third-order valence-corrected chi connectivity index (χ3v) is 2.73. The molecule has 6 heteroatoms. The summed E-state index contributed by atoms with van der Waals surface area (Å²) in [7, 11) is 0. The standard InChI is InChI=1S/C11H20O5S/c1-4-15-10(13)9(11(14)16-5-2)8(12)6-7-17-3/h8-9,12H,4-7H2,1-3H3. The van der Waals surface area contributed by atoms with Crippen LogP contribution in [0.3, 0.4) is 0 Å². The smallest absolute Gasteiger partial charge is 0.323 e. The highest BCUT2D eigenvalue weighted by Crippen LogP contribution is 2.14. The third-order valence-electron chi connectivity index (χ3n) is 2.08. The molecule has 0 aromatic rings. The van der Waals surface area contributed by atoms with Gasteiger partial charge < -0.3 is 14.6 Å². The maximum absolute atomic E-state index is 11.6. The molecule has 0 saturated heterocycles. The molecule has 0 saturated carbocycles. The van der Waals surface area contributed by atoms with E-state index in [-0.39, 0.29) is 13.2 Å². The topological polar surface area (TPSA) is 72.8 Å². The molecule has 0 aliphatic heterocycles. The van der Waals surface area contributed by atoms with Gasteiger partial charge in [-0.2, -0.15) is 11.8 Å². The fraction of sp³-hybridized carbons (Fsp3) is 0.818. The van der Waals surface area contributed by atoms with E-state index in [0.29, 0.717) is 12.2 Å². The van der Waals surface area contributed by atoms with Gasteiger partial charge in [-0.25, -0.2) is 0 Å². The van der Waals surface area contributed by atoms with Crippen molar-refractivity contribution in [3.8, 4) is 0 Å². The predicted molar refractivity (Wildman–Crippen MR) is 65.8 cm³/mol. The van der Waals surface area contributed by atoms with Gasteiger partial charge in [0.15, 0.2) is 5.92 Å². The monoisotopic (exact) mass is 264 g/mol. The summed E-state index contributed by atoms with van der Waals surface area (Å²) in [6.45, 7) is 3.64. The Labute approximate surface area is 106 Å². The summed E-state index contributed by atoms with van der Waals surface area (Å²) < 4.78 is 9.53. The summed E-state index contributed by atoms with van der Waals surface area (Å²) in [5.74, 6) is -2.02. The van der Waals surface area contributed by atoms with Crippen molar-refractivity contribution in [1.29, 1.82) is 0 Å². The molecule has 100 valence electrons. The van der Waals surface area contributed by atoms with Gasteiger partial charge >= 0.3 is 11.9 Å². The Morgan fingerprint density at radius 3 is 2.00 bits per heavy atom. The van der Waals surface area contributed by atoms with Crippen molar-refractivity contribution in [3.05, 3.63) is 0 Å². The summed E-state index contributed by atoms with van der Waals surface area (Å²) in [5.41, 5.74) is 0. The number of hydrogen-bond acceptors (Lipinski definition) is 6. The first-order valence-corrected chi connectivity index (χ1v) is 6.98. The summed E-state index contributed by atoms with van der Waals surface area (Å²) in [6, 6.07) is 0. The van der Waals surface area contributed by atoms with Gasteiger partial charge in [-0.3, -0.25) is 9.59 Å². The number of aliphatic hydroxyl groups is 1. The maximum Gasteiger partial charge on any atom is 0.323 e. The van der Waals surface area contributed by atoms with Crippen molar-refractivity contribution in [1.82, 2.24) is 0 Å². The lowest BCUT2D eigenvalue weighted by molar-refractivity contribution is -0.167. The SMILES string of the molecule is CCOC(=O)C(C(=O)OCC)C(O)CCSC. The molecule has 0 fully saturated rings. The van der Waals surface area contributed by atoms with Gasteiger partial charge in [-0.05, 0) is 32.3 Å². The van der Waals surface area contributed by atoms with E-state index in [1.165, 1.54) is 11.8 Å². The average Bonchev–Trinajstić information content (AvgIpc) is 2.27. The van der Waals surface area contributed by atoms with Crippen LogP contribution in [0.2, 0.25) is 0 Å². The molecule has 17 heavy (non-hydrogen) atoms. The number of ether oxygens (including phenoxy) is 2. The highest BCUT2D eigenvalue weighted by Gasteiger charge is 2.36. The third kappa shape index (κ3) is 5.93. The van der Waals surface area contributed by atoms with Crippen LogP contribution in [-0.4, -0.2) is 48.4 Å². The lowest BCUT2D eigenvalue weighted by Crippen LogP contribution is -2.38. The van der Waals surface area contributed by atoms with Crippen molar-refractivity contribution >= 4 is 23.7 Å². The number of esters is 2. The van der Waals surface area contributed by atoms with E-state index < -0.39 is 24.0 Å². The van der Waals surface area contributed by atoms with E-state index in [2.05, 4.69) is 0 Å². The molecule has 0 aromatic carbocycles. The molecule has 0 amide bonds. The molecule has 1 N–H and O–H groups in total. The summed E-state index contributed by atoms with van der Waals surface area (Å²) in [5, 5.41) is 9.82. The van der Waals surface area contributed by atoms with Gasteiger partial charge in [0, 0.05) is 0 Å². The Morgan fingerprint density at radius 2 is 1.65 bits per heavy atom. The molecule has 0 aliphatic carbocycles. The van der Waals surface area contributed by atoms with Crippen molar-refractivity contribution in [3.63, 3.8) is 0 Å². The van der Waals surface area contributed by atoms with Crippen molar-refractivity contribution < 1.29 is 24.2 Å². The second-order valence-electron chi connectivity index (χ2n) is 3.33. The first-order valence-electron chi connectivity index (χ1n) is 5.58. The molecule has 0 bridgehead atoms. The lowest BCUT2D eigenvalue weighted by Gasteiger charge is -2.19. The van der Waals surface area contributed by atoms with Crippen LogP contribution in [0.15, 0.2) is 0 Å². The van der Waals surface area contributed by atoms with E-state index in [9.17, 15) is 14.7 Å².